The third kappa shape index (κ3) is 3.36. The summed E-state index contributed by atoms with van der Waals surface area (Å²) in [6.45, 7) is 0.481. The lowest BCUT2D eigenvalue weighted by molar-refractivity contribution is -0.380. The lowest BCUT2D eigenvalue weighted by Gasteiger charge is -2.10. The number of nitrogens with zero attached hydrogens (tertiary/aromatic N) is 1. The minimum Gasteiger partial charge on any atom is -0.495 e. The van der Waals surface area contributed by atoms with Crippen molar-refractivity contribution < 1.29 is 9.66 Å². The molecule has 0 spiro atoms. The van der Waals surface area contributed by atoms with Crippen LogP contribution >= 0.6 is 22.9 Å². The molecule has 0 aliphatic rings. The molecule has 0 radical (unpaired) electrons. The Labute approximate surface area is 118 Å². The van der Waals surface area contributed by atoms with Crippen LogP contribution < -0.4 is 10.1 Å². The Bertz CT molecular complexity index is 600. The molecule has 7 heteroatoms. The van der Waals surface area contributed by atoms with Crippen LogP contribution in [-0.2, 0) is 6.54 Å². The van der Waals surface area contributed by atoms with E-state index >= 15 is 0 Å². The van der Waals surface area contributed by atoms with E-state index in [9.17, 15) is 10.1 Å². The summed E-state index contributed by atoms with van der Waals surface area (Å²) in [7, 11) is 1.57. The molecule has 1 heterocycles. The second kappa shape index (κ2) is 5.90. The van der Waals surface area contributed by atoms with Gasteiger partial charge in [-0.25, -0.2) is 0 Å². The van der Waals surface area contributed by atoms with Gasteiger partial charge in [-0.1, -0.05) is 22.9 Å². The summed E-state index contributed by atoms with van der Waals surface area (Å²) in [4.78, 5) is 11.1. The number of nitro groups is 1. The number of halogens is 1. The monoisotopic (exact) mass is 298 g/mol. The second-order valence-corrected chi connectivity index (χ2v) is 5.28. The number of ether oxygens (including phenoxy) is 1. The standard InChI is InChI=1S/C12H11ClN2O3S/c1-18-11-4-2-8(13)6-10(11)14-7-9-3-5-12(19-9)15(16)17/h2-6,14H,7H2,1H3. The minimum absolute atomic E-state index is 0.134. The minimum atomic E-state index is -0.395. The molecule has 19 heavy (non-hydrogen) atoms. The summed E-state index contributed by atoms with van der Waals surface area (Å²) in [6, 6.07) is 8.48. The number of methoxy groups -OCH3 is 1. The van der Waals surface area contributed by atoms with Gasteiger partial charge in [0.15, 0.2) is 0 Å². The highest BCUT2D eigenvalue weighted by Gasteiger charge is 2.10. The highest BCUT2D eigenvalue weighted by molar-refractivity contribution is 7.15. The van der Waals surface area contributed by atoms with Crippen molar-refractivity contribution in [3.63, 3.8) is 0 Å². The Balaban J connectivity index is 2.09. The molecule has 1 N–H and O–H groups in total. The molecule has 2 rings (SSSR count). The average molecular weight is 299 g/mol. The molecule has 0 bridgehead atoms. The summed E-state index contributed by atoms with van der Waals surface area (Å²) >= 11 is 7.06. The van der Waals surface area contributed by atoms with Crippen molar-refractivity contribution in [2.45, 2.75) is 6.54 Å². The van der Waals surface area contributed by atoms with Gasteiger partial charge in [-0.15, -0.1) is 0 Å². The van der Waals surface area contributed by atoms with E-state index in [2.05, 4.69) is 5.32 Å². The van der Waals surface area contributed by atoms with Gasteiger partial charge < -0.3 is 10.1 Å². The number of anilines is 1. The van der Waals surface area contributed by atoms with Crippen molar-refractivity contribution in [2.75, 3.05) is 12.4 Å². The van der Waals surface area contributed by atoms with Crippen molar-refractivity contribution in [3.8, 4) is 5.75 Å². The van der Waals surface area contributed by atoms with Crippen LogP contribution in [0.2, 0.25) is 5.02 Å². The van der Waals surface area contributed by atoms with E-state index in [1.807, 2.05) is 0 Å². The Morgan fingerprint density at radius 1 is 1.42 bits per heavy atom. The summed E-state index contributed by atoms with van der Waals surface area (Å²) in [5.41, 5.74) is 0.756. The maximum absolute atomic E-state index is 10.6. The average Bonchev–Trinajstić information content (AvgIpc) is 2.85. The molecule has 1 aromatic heterocycles. The highest BCUT2D eigenvalue weighted by atomic mass is 35.5. The number of rotatable bonds is 5. The topological polar surface area (TPSA) is 64.4 Å². The summed E-state index contributed by atoms with van der Waals surface area (Å²) < 4.78 is 5.21. The van der Waals surface area contributed by atoms with Gasteiger partial charge in [0.25, 0.3) is 0 Å². The zero-order valence-electron chi connectivity index (χ0n) is 10.1. The first-order valence-corrected chi connectivity index (χ1v) is 6.60. The Hall–Kier alpha value is -1.79. The SMILES string of the molecule is COc1ccc(Cl)cc1NCc1ccc([N+](=O)[O-])s1. The van der Waals surface area contributed by atoms with Crippen LogP contribution in [0, 0.1) is 10.1 Å². The number of thiophene rings is 1. The molecule has 0 saturated carbocycles. The number of nitrogens with one attached hydrogen (secondary N) is 1. The number of hydrogen-bond donors (Lipinski definition) is 1. The predicted molar refractivity (Wildman–Crippen MR) is 76.3 cm³/mol. The van der Waals surface area contributed by atoms with Crippen molar-refractivity contribution in [1.29, 1.82) is 0 Å². The van der Waals surface area contributed by atoms with E-state index in [0.717, 1.165) is 21.9 Å². The first kappa shape index (κ1) is 13.6. The van der Waals surface area contributed by atoms with Gasteiger partial charge in [0.05, 0.1) is 17.7 Å². The fraction of sp³-hybridized carbons (Fsp3) is 0.167. The van der Waals surface area contributed by atoms with Gasteiger partial charge in [0.2, 0.25) is 0 Å². The third-order valence-electron chi connectivity index (χ3n) is 2.44. The van der Waals surface area contributed by atoms with Crippen LogP contribution in [-0.4, -0.2) is 12.0 Å². The van der Waals surface area contributed by atoms with E-state index in [0.29, 0.717) is 17.3 Å². The zero-order valence-corrected chi connectivity index (χ0v) is 11.6. The van der Waals surface area contributed by atoms with E-state index < -0.39 is 4.92 Å². The van der Waals surface area contributed by atoms with Gasteiger partial charge in [0.1, 0.15) is 5.75 Å². The highest BCUT2D eigenvalue weighted by Crippen LogP contribution is 2.29. The first-order chi connectivity index (χ1) is 9.10. The molecule has 1 aromatic carbocycles. The Morgan fingerprint density at radius 2 is 2.21 bits per heavy atom. The summed E-state index contributed by atoms with van der Waals surface area (Å²) in [5.74, 6) is 0.676. The van der Waals surface area contributed by atoms with Crippen LogP contribution in [0.1, 0.15) is 4.88 Å². The lowest BCUT2D eigenvalue weighted by atomic mass is 10.3. The molecule has 0 amide bonds. The quantitative estimate of drug-likeness (QED) is 0.671. The van der Waals surface area contributed by atoms with Crippen LogP contribution in [0.3, 0.4) is 0 Å². The zero-order chi connectivity index (χ0) is 13.8. The van der Waals surface area contributed by atoms with Crippen LogP contribution in [0.4, 0.5) is 10.7 Å². The van der Waals surface area contributed by atoms with E-state index in [1.54, 1.807) is 31.4 Å². The maximum atomic E-state index is 10.6. The van der Waals surface area contributed by atoms with Crippen LogP contribution in [0.15, 0.2) is 30.3 Å². The first-order valence-electron chi connectivity index (χ1n) is 5.40. The second-order valence-electron chi connectivity index (χ2n) is 3.70. The van der Waals surface area contributed by atoms with Crippen LogP contribution in [0.5, 0.6) is 5.75 Å². The van der Waals surface area contributed by atoms with Gasteiger partial charge in [0, 0.05) is 22.5 Å². The molecule has 0 unspecified atom stereocenters. The molecule has 100 valence electrons. The Morgan fingerprint density at radius 3 is 2.84 bits per heavy atom. The van der Waals surface area contributed by atoms with Crippen molar-refractivity contribution in [1.82, 2.24) is 0 Å². The van der Waals surface area contributed by atoms with E-state index in [4.69, 9.17) is 16.3 Å². The molecule has 5 nitrogen and oxygen atoms in total. The number of benzene rings is 1. The van der Waals surface area contributed by atoms with Crippen molar-refractivity contribution in [2.24, 2.45) is 0 Å². The molecule has 0 atom stereocenters. The van der Waals surface area contributed by atoms with Crippen molar-refractivity contribution >= 4 is 33.6 Å². The molecule has 2 aromatic rings. The molecule has 0 aliphatic carbocycles. The predicted octanol–water partition coefficient (Wildman–Crippen LogP) is 3.93. The van der Waals surface area contributed by atoms with E-state index in [1.165, 1.54) is 6.07 Å². The normalized spacial score (nSPS) is 10.2. The fourth-order valence-corrected chi connectivity index (χ4v) is 2.49. The van der Waals surface area contributed by atoms with Gasteiger partial charge in [-0.3, -0.25) is 10.1 Å². The van der Waals surface area contributed by atoms with Gasteiger partial charge >= 0.3 is 5.00 Å². The fourth-order valence-electron chi connectivity index (χ4n) is 1.56. The van der Waals surface area contributed by atoms with Crippen molar-refractivity contribution in [3.05, 3.63) is 50.3 Å². The van der Waals surface area contributed by atoms with Gasteiger partial charge in [-0.05, 0) is 24.3 Å². The molecule has 0 saturated heterocycles. The van der Waals surface area contributed by atoms with Gasteiger partial charge in [-0.2, -0.15) is 0 Å². The Kier molecular flexibility index (Phi) is 4.24. The molecular weight excluding hydrogens is 288 g/mol. The largest absolute Gasteiger partial charge is 0.495 e. The molecular formula is C12H11ClN2O3S. The van der Waals surface area contributed by atoms with Crippen LogP contribution in [0.25, 0.3) is 0 Å². The number of hydrogen-bond acceptors (Lipinski definition) is 5. The third-order valence-corrected chi connectivity index (χ3v) is 3.71. The lowest BCUT2D eigenvalue weighted by Crippen LogP contribution is -1.99. The maximum Gasteiger partial charge on any atom is 0.324 e. The summed E-state index contributed by atoms with van der Waals surface area (Å²) in [6.07, 6.45) is 0. The van der Waals surface area contributed by atoms with E-state index in [-0.39, 0.29) is 5.00 Å². The smallest absolute Gasteiger partial charge is 0.324 e. The molecule has 0 aliphatic heterocycles. The molecule has 0 fully saturated rings. The summed E-state index contributed by atoms with van der Waals surface area (Å²) in [5, 5.41) is 14.5.